The van der Waals surface area contributed by atoms with Crippen LogP contribution < -0.4 is 19.6 Å². The Bertz CT molecular complexity index is 1150. The first-order valence-corrected chi connectivity index (χ1v) is 11.7. The van der Waals surface area contributed by atoms with Gasteiger partial charge >= 0.3 is 0 Å². The molecule has 3 rings (SSSR count). The predicted molar refractivity (Wildman–Crippen MR) is 140 cm³/mol. The third kappa shape index (κ3) is 7.76. The Kier molecular flexibility index (Phi) is 8.77. The maximum Gasteiger partial charge on any atom is 0.280 e. The van der Waals surface area contributed by atoms with Crippen molar-refractivity contribution in [3.05, 3.63) is 88.4 Å². The maximum atomic E-state index is 12.4. The Morgan fingerprint density at radius 1 is 1.03 bits per heavy atom. The van der Waals surface area contributed by atoms with Gasteiger partial charge in [-0.2, -0.15) is 5.10 Å². The molecule has 1 atom stereocenters. The van der Waals surface area contributed by atoms with Gasteiger partial charge < -0.3 is 14.2 Å². The lowest BCUT2D eigenvalue weighted by Crippen LogP contribution is -2.33. The minimum atomic E-state index is -0.703. The van der Waals surface area contributed by atoms with Crippen LogP contribution in [0.2, 0.25) is 5.02 Å². The highest BCUT2D eigenvalue weighted by molar-refractivity contribution is 6.30. The van der Waals surface area contributed by atoms with E-state index in [4.69, 9.17) is 25.8 Å². The van der Waals surface area contributed by atoms with Crippen LogP contribution in [0.3, 0.4) is 0 Å². The van der Waals surface area contributed by atoms with Crippen LogP contribution in [-0.4, -0.2) is 25.3 Å². The number of nitrogens with one attached hydrogen (secondary N) is 1. The zero-order chi connectivity index (χ0) is 25.4. The first-order valence-electron chi connectivity index (χ1n) is 11.3. The van der Waals surface area contributed by atoms with Crippen molar-refractivity contribution in [2.45, 2.75) is 45.8 Å². The Hall–Kier alpha value is -3.51. The number of benzene rings is 3. The highest BCUT2D eigenvalue weighted by Gasteiger charge is 2.16. The molecule has 1 amide bonds. The summed E-state index contributed by atoms with van der Waals surface area (Å²) in [5, 5.41) is 4.72. The van der Waals surface area contributed by atoms with Crippen LogP contribution in [0.1, 0.15) is 44.4 Å². The first-order chi connectivity index (χ1) is 16.7. The monoisotopic (exact) mass is 494 g/mol. The largest absolute Gasteiger partial charge is 0.493 e. The second-order valence-corrected chi connectivity index (χ2v) is 9.53. The number of hydrogen-bond donors (Lipinski definition) is 1. The lowest BCUT2D eigenvalue weighted by molar-refractivity contribution is -0.127. The molecular formula is C28H31ClN2O4. The van der Waals surface area contributed by atoms with Crippen molar-refractivity contribution in [2.24, 2.45) is 5.10 Å². The van der Waals surface area contributed by atoms with Crippen LogP contribution in [0.5, 0.6) is 17.2 Å². The molecule has 3 aromatic rings. The predicted octanol–water partition coefficient (Wildman–Crippen LogP) is 6.14. The molecule has 7 heteroatoms. The molecule has 6 nitrogen and oxygen atoms in total. The Labute approximate surface area is 211 Å². The van der Waals surface area contributed by atoms with Gasteiger partial charge in [-0.1, -0.05) is 56.6 Å². The molecule has 184 valence electrons. The number of ether oxygens (including phenoxy) is 3. The average Bonchev–Trinajstić information content (AvgIpc) is 2.83. The van der Waals surface area contributed by atoms with Crippen molar-refractivity contribution in [3.63, 3.8) is 0 Å². The third-order valence-electron chi connectivity index (χ3n) is 5.29. The van der Waals surface area contributed by atoms with Gasteiger partial charge in [-0.25, -0.2) is 5.43 Å². The van der Waals surface area contributed by atoms with E-state index in [9.17, 15) is 4.79 Å². The summed E-state index contributed by atoms with van der Waals surface area (Å²) >= 11 is 5.92. The van der Waals surface area contributed by atoms with Crippen LogP contribution in [0.25, 0.3) is 0 Å². The number of rotatable bonds is 9. The Morgan fingerprint density at radius 2 is 1.71 bits per heavy atom. The second-order valence-electron chi connectivity index (χ2n) is 9.09. The van der Waals surface area contributed by atoms with Gasteiger partial charge in [0, 0.05) is 5.02 Å². The number of hydrogen-bond acceptors (Lipinski definition) is 5. The van der Waals surface area contributed by atoms with E-state index in [1.54, 1.807) is 26.2 Å². The van der Waals surface area contributed by atoms with E-state index in [0.717, 1.165) is 11.1 Å². The van der Waals surface area contributed by atoms with E-state index in [1.807, 2.05) is 54.6 Å². The fourth-order valence-electron chi connectivity index (χ4n) is 3.18. The van der Waals surface area contributed by atoms with Crippen molar-refractivity contribution in [1.29, 1.82) is 0 Å². The zero-order valence-electron chi connectivity index (χ0n) is 20.7. The number of nitrogens with zero attached hydrogens (tertiary/aromatic N) is 1. The zero-order valence-corrected chi connectivity index (χ0v) is 21.4. The number of carbonyl (C=O) groups excluding carboxylic acids is 1. The highest BCUT2D eigenvalue weighted by atomic mass is 35.5. The van der Waals surface area contributed by atoms with Gasteiger partial charge in [-0.05, 0) is 71.5 Å². The Balaban J connectivity index is 1.54. The van der Waals surface area contributed by atoms with E-state index in [0.29, 0.717) is 28.9 Å². The van der Waals surface area contributed by atoms with Crippen LogP contribution in [0, 0.1) is 0 Å². The topological polar surface area (TPSA) is 69.2 Å². The fraction of sp³-hybridized carbons (Fsp3) is 0.286. The van der Waals surface area contributed by atoms with Crippen molar-refractivity contribution in [2.75, 3.05) is 7.11 Å². The number of hydrazone groups is 1. The normalized spacial score (nSPS) is 12.3. The van der Waals surface area contributed by atoms with Crippen LogP contribution in [0.15, 0.2) is 71.8 Å². The molecule has 0 aliphatic heterocycles. The highest BCUT2D eigenvalue weighted by Crippen LogP contribution is 2.28. The van der Waals surface area contributed by atoms with Gasteiger partial charge in [-0.3, -0.25) is 4.79 Å². The molecule has 0 fully saturated rings. The van der Waals surface area contributed by atoms with Crippen LogP contribution in [0.4, 0.5) is 0 Å². The van der Waals surface area contributed by atoms with Crippen molar-refractivity contribution < 1.29 is 19.0 Å². The molecule has 0 heterocycles. The summed E-state index contributed by atoms with van der Waals surface area (Å²) in [7, 11) is 1.57. The molecule has 0 radical (unpaired) electrons. The minimum absolute atomic E-state index is 0.0555. The average molecular weight is 495 g/mol. The second kappa shape index (κ2) is 11.8. The van der Waals surface area contributed by atoms with E-state index < -0.39 is 6.10 Å². The molecule has 1 unspecified atom stereocenters. The molecule has 0 bridgehead atoms. The molecule has 35 heavy (non-hydrogen) atoms. The van der Waals surface area contributed by atoms with E-state index in [-0.39, 0.29) is 11.3 Å². The molecular weight excluding hydrogens is 464 g/mol. The standard InChI is InChI=1S/C28H31ClN2O4/c1-19(35-24-13-9-22(10-14-24)28(2,3)4)27(32)31-30-17-21-8-15-25(26(16-21)33-5)34-18-20-6-11-23(29)12-7-20/h6-17,19H,18H2,1-5H3,(H,31,32)/b30-17+. The molecule has 0 aromatic heterocycles. The number of carbonyl (C=O) groups is 1. The fourth-order valence-corrected chi connectivity index (χ4v) is 3.30. The summed E-state index contributed by atoms with van der Waals surface area (Å²) in [6.45, 7) is 8.50. The molecule has 0 saturated heterocycles. The van der Waals surface area contributed by atoms with Gasteiger partial charge in [-0.15, -0.1) is 0 Å². The van der Waals surface area contributed by atoms with Crippen LogP contribution >= 0.6 is 11.6 Å². The van der Waals surface area contributed by atoms with Crippen LogP contribution in [-0.2, 0) is 16.8 Å². The summed E-state index contributed by atoms with van der Waals surface area (Å²) < 4.78 is 17.0. The first kappa shape index (κ1) is 26.1. The Morgan fingerprint density at radius 3 is 2.34 bits per heavy atom. The summed E-state index contributed by atoms with van der Waals surface area (Å²) in [4.78, 5) is 12.4. The molecule has 0 spiro atoms. The summed E-state index contributed by atoms with van der Waals surface area (Å²) in [6, 6.07) is 20.6. The van der Waals surface area contributed by atoms with Gasteiger partial charge in [0.1, 0.15) is 12.4 Å². The number of amides is 1. The SMILES string of the molecule is COc1cc(/C=N/NC(=O)C(C)Oc2ccc(C(C)(C)C)cc2)ccc1OCc1ccc(Cl)cc1. The molecule has 0 aliphatic carbocycles. The minimum Gasteiger partial charge on any atom is -0.493 e. The third-order valence-corrected chi connectivity index (χ3v) is 5.54. The summed E-state index contributed by atoms with van der Waals surface area (Å²) in [5.74, 6) is 1.44. The van der Waals surface area contributed by atoms with Gasteiger partial charge in [0.05, 0.1) is 13.3 Å². The summed E-state index contributed by atoms with van der Waals surface area (Å²) in [6.07, 6.45) is 0.833. The number of methoxy groups -OCH3 is 1. The van der Waals surface area contributed by atoms with Crippen molar-refractivity contribution >= 4 is 23.7 Å². The van der Waals surface area contributed by atoms with Crippen molar-refractivity contribution in [1.82, 2.24) is 5.43 Å². The molecule has 3 aromatic carbocycles. The lowest BCUT2D eigenvalue weighted by atomic mass is 9.87. The molecule has 0 aliphatic rings. The maximum absolute atomic E-state index is 12.4. The quantitative estimate of drug-likeness (QED) is 0.286. The summed E-state index contributed by atoms with van der Waals surface area (Å²) in [5.41, 5.74) is 5.50. The van der Waals surface area contributed by atoms with E-state index in [2.05, 4.69) is 31.3 Å². The lowest BCUT2D eigenvalue weighted by Gasteiger charge is -2.20. The van der Waals surface area contributed by atoms with E-state index >= 15 is 0 Å². The van der Waals surface area contributed by atoms with Gasteiger partial charge in [0.15, 0.2) is 17.6 Å². The van der Waals surface area contributed by atoms with Gasteiger partial charge in [0.25, 0.3) is 5.91 Å². The number of halogens is 1. The smallest absolute Gasteiger partial charge is 0.280 e. The van der Waals surface area contributed by atoms with Gasteiger partial charge in [0.2, 0.25) is 0 Å². The van der Waals surface area contributed by atoms with Crippen molar-refractivity contribution in [3.8, 4) is 17.2 Å². The molecule has 1 N–H and O–H groups in total. The molecule has 0 saturated carbocycles. The van der Waals surface area contributed by atoms with E-state index in [1.165, 1.54) is 11.8 Å².